The number of amides is 2. The first-order valence-electron chi connectivity index (χ1n) is 10.3. The number of aromatic nitrogens is 2. The summed E-state index contributed by atoms with van der Waals surface area (Å²) in [4.78, 5) is 37.0. The molecular formula is C18H29ClN6O7. The number of carbonyl (C=O) groups excluding carboxylic acids is 1. The zero-order chi connectivity index (χ0) is 23.8. The lowest BCUT2D eigenvalue weighted by atomic mass is 9.96. The molecule has 2 amide bonds. The Bertz CT molecular complexity index is 821. The van der Waals surface area contributed by atoms with E-state index < -0.39 is 42.9 Å². The molecule has 4 atom stereocenters. The Morgan fingerprint density at radius 2 is 2.00 bits per heavy atom. The average molecular weight is 477 g/mol. The van der Waals surface area contributed by atoms with Crippen molar-refractivity contribution < 1.29 is 24.9 Å². The Morgan fingerprint density at radius 3 is 2.50 bits per heavy atom. The summed E-state index contributed by atoms with van der Waals surface area (Å²) >= 11 is 5.91. The monoisotopic (exact) mass is 476 g/mol. The number of anilines is 1. The van der Waals surface area contributed by atoms with E-state index in [9.17, 15) is 24.7 Å². The molecule has 14 heteroatoms. The standard InChI is InChI=1S/C9H16ClN3O2.C9H13N3O5/c1-2-12(11-15)9(14)13(10)8-6-4-3-5-7-8;10-5-1-2-12(9(16)11-5)8-7(15)6(14)4(3-13)17-8/h8H,2-7H2,1H3;1-2,4,6-8,13-15H,3H2,(H2,10,11,16)/t;4-,6-,7+,8-/m.1/s1. The van der Waals surface area contributed by atoms with E-state index >= 15 is 0 Å². The first-order valence-corrected chi connectivity index (χ1v) is 10.7. The van der Waals surface area contributed by atoms with Crippen molar-refractivity contribution in [2.24, 2.45) is 5.29 Å². The van der Waals surface area contributed by atoms with Gasteiger partial charge in [-0.05, 0) is 25.8 Å². The summed E-state index contributed by atoms with van der Waals surface area (Å²) in [5.74, 6) is 0.0537. The number of hydrogen-bond acceptors (Lipinski definition) is 10. The summed E-state index contributed by atoms with van der Waals surface area (Å²) in [5, 5.41) is 31.6. The fourth-order valence-corrected chi connectivity index (χ4v) is 3.81. The zero-order valence-corrected chi connectivity index (χ0v) is 18.4. The number of nitroso groups, excluding NO2 is 1. The molecule has 180 valence electrons. The minimum Gasteiger partial charge on any atom is -0.394 e. The number of rotatable bonds is 5. The van der Waals surface area contributed by atoms with Crippen molar-refractivity contribution in [3.05, 3.63) is 27.7 Å². The van der Waals surface area contributed by atoms with Gasteiger partial charge in [-0.3, -0.25) is 4.57 Å². The first kappa shape index (κ1) is 25.9. The molecule has 1 saturated heterocycles. The van der Waals surface area contributed by atoms with E-state index in [1.807, 2.05) is 0 Å². The number of nitrogens with zero attached hydrogens (tertiary/aromatic N) is 5. The maximum Gasteiger partial charge on any atom is 0.357 e. The summed E-state index contributed by atoms with van der Waals surface area (Å²) in [6, 6.07) is 0.903. The molecule has 5 N–H and O–H groups in total. The number of aliphatic hydroxyl groups is 3. The third-order valence-corrected chi connectivity index (χ3v) is 5.76. The Labute approximate surface area is 189 Å². The summed E-state index contributed by atoms with van der Waals surface area (Å²) < 4.78 is 7.32. The molecule has 2 aliphatic rings. The lowest BCUT2D eigenvalue weighted by Gasteiger charge is -2.29. The van der Waals surface area contributed by atoms with Crippen LogP contribution < -0.4 is 11.4 Å². The molecule has 2 fully saturated rings. The van der Waals surface area contributed by atoms with Crippen LogP contribution in [0.15, 0.2) is 22.3 Å². The lowest BCUT2D eigenvalue weighted by Crippen LogP contribution is -2.41. The van der Waals surface area contributed by atoms with Crippen molar-refractivity contribution in [2.75, 3.05) is 18.9 Å². The Hall–Kier alpha value is -2.32. The van der Waals surface area contributed by atoms with Gasteiger partial charge < -0.3 is 25.8 Å². The topological polar surface area (TPSA) is 184 Å². The molecule has 0 unspecified atom stereocenters. The van der Waals surface area contributed by atoms with Gasteiger partial charge in [0.1, 0.15) is 24.1 Å². The number of urea groups is 1. The molecule has 0 aromatic carbocycles. The number of nitrogen functional groups attached to an aromatic ring is 1. The molecule has 13 nitrogen and oxygen atoms in total. The van der Waals surface area contributed by atoms with Crippen molar-refractivity contribution in [2.45, 2.75) is 69.6 Å². The molecule has 0 spiro atoms. The van der Waals surface area contributed by atoms with Crippen LogP contribution >= 0.6 is 11.8 Å². The van der Waals surface area contributed by atoms with E-state index in [0.717, 1.165) is 39.7 Å². The van der Waals surface area contributed by atoms with Crippen LogP contribution in [0.1, 0.15) is 45.3 Å². The molecule has 1 aliphatic heterocycles. The van der Waals surface area contributed by atoms with Gasteiger partial charge in [-0.25, -0.2) is 14.0 Å². The van der Waals surface area contributed by atoms with Crippen molar-refractivity contribution >= 4 is 23.6 Å². The van der Waals surface area contributed by atoms with Crippen molar-refractivity contribution in [1.29, 1.82) is 0 Å². The van der Waals surface area contributed by atoms with Gasteiger partial charge in [0.05, 0.1) is 17.9 Å². The maximum atomic E-state index is 11.6. The van der Waals surface area contributed by atoms with Gasteiger partial charge in [0.2, 0.25) is 0 Å². The van der Waals surface area contributed by atoms with Crippen LogP contribution in [0.2, 0.25) is 0 Å². The second kappa shape index (κ2) is 12.1. The highest BCUT2D eigenvalue weighted by Crippen LogP contribution is 2.28. The smallest absolute Gasteiger partial charge is 0.357 e. The second-order valence-corrected chi connectivity index (χ2v) is 7.82. The highest BCUT2D eigenvalue weighted by molar-refractivity contribution is 6.21. The SMILES string of the molecule is CCN(N=O)C(=O)N(Cl)C1CCCCC1.Nc1ccn([C@@H]2O[C@H](CO)[C@@H](O)[C@@H]2O)c(=O)n1. The first-order chi connectivity index (χ1) is 15.2. The van der Waals surface area contributed by atoms with Crippen LogP contribution in [0.3, 0.4) is 0 Å². The van der Waals surface area contributed by atoms with Gasteiger partial charge in [0.25, 0.3) is 0 Å². The summed E-state index contributed by atoms with van der Waals surface area (Å²) in [5.41, 5.74) is 4.63. The van der Waals surface area contributed by atoms with Crippen LogP contribution in [0, 0.1) is 4.91 Å². The molecular weight excluding hydrogens is 448 g/mol. The largest absolute Gasteiger partial charge is 0.394 e. The van der Waals surface area contributed by atoms with Gasteiger partial charge in [0.15, 0.2) is 6.23 Å². The van der Waals surface area contributed by atoms with Crippen LogP contribution in [-0.4, -0.2) is 77.8 Å². The summed E-state index contributed by atoms with van der Waals surface area (Å²) in [6.45, 7) is 1.48. The third-order valence-electron chi connectivity index (χ3n) is 5.34. The van der Waals surface area contributed by atoms with E-state index in [4.69, 9.17) is 27.4 Å². The number of ether oxygens (including phenoxy) is 1. The molecule has 1 aromatic rings. The second-order valence-electron chi connectivity index (χ2n) is 7.45. The van der Waals surface area contributed by atoms with Crippen molar-refractivity contribution in [3.63, 3.8) is 0 Å². The highest BCUT2D eigenvalue weighted by atomic mass is 35.5. The molecule has 1 aromatic heterocycles. The molecule has 1 saturated carbocycles. The Morgan fingerprint density at radius 1 is 1.34 bits per heavy atom. The Balaban J connectivity index is 0.000000229. The highest BCUT2D eigenvalue weighted by Gasteiger charge is 2.43. The number of carbonyl (C=O) groups is 1. The molecule has 1 aliphatic carbocycles. The Kier molecular flexibility index (Phi) is 9.78. The van der Waals surface area contributed by atoms with E-state index in [2.05, 4.69) is 10.3 Å². The van der Waals surface area contributed by atoms with Gasteiger partial charge in [-0.15, -0.1) is 4.91 Å². The summed E-state index contributed by atoms with van der Waals surface area (Å²) in [7, 11) is 0. The number of aliphatic hydroxyl groups excluding tert-OH is 3. The number of halogens is 1. The van der Waals surface area contributed by atoms with Crippen LogP contribution in [0.5, 0.6) is 0 Å². The quantitative estimate of drug-likeness (QED) is 0.264. The van der Waals surface area contributed by atoms with Gasteiger partial charge in [0, 0.05) is 24.5 Å². The molecule has 2 heterocycles. The number of nitrogens with two attached hydrogens (primary N) is 1. The molecule has 0 radical (unpaired) electrons. The molecule has 32 heavy (non-hydrogen) atoms. The predicted molar refractivity (Wildman–Crippen MR) is 114 cm³/mol. The van der Waals surface area contributed by atoms with Gasteiger partial charge in [-0.1, -0.05) is 19.3 Å². The van der Waals surface area contributed by atoms with E-state index in [1.54, 1.807) is 6.92 Å². The number of hydrogen-bond donors (Lipinski definition) is 4. The normalized spacial score (nSPS) is 25.5. The van der Waals surface area contributed by atoms with Crippen molar-refractivity contribution in [1.82, 2.24) is 19.0 Å². The fourth-order valence-electron chi connectivity index (χ4n) is 3.53. The van der Waals surface area contributed by atoms with Gasteiger partial charge in [-0.2, -0.15) is 9.99 Å². The van der Waals surface area contributed by atoms with Crippen LogP contribution in [0.25, 0.3) is 0 Å². The zero-order valence-electron chi connectivity index (χ0n) is 17.7. The predicted octanol–water partition coefficient (Wildman–Crippen LogP) is 0.335. The third kappa shape index (κ3) is 6.13. The summed E-state index contributed by atoms with van der Waals surface area (Å²) in [6.07, 6.45) is 1.91. The fraction of sp³-hybridized carbons (Fsp3) is 0.722. The molecule has 0 bridgehead atoms. The maximum absolute atomic E-state index is 11.6. The van der Waals surface area contributed by atoms with E-state index in [-0.39, 0.29) is 18.4 Å². The van der Waals surface area contributed by atoms with Crippen molar-refractivity contribution in [3.8, 4) is 0 Å². The van der Waals surface area contributed by atoms with Crippen LogP contribution in [-0.2, 0) is 4.74 Å². The average Bonchev–Trinajstić information content (AvgIpc) is 3.08. The molecule has 3 rings (SSSR count). The van der Waals surface area contributed by atoms with Crippen LogP contribution in [0.4, 0.5) is 10.6 Å². The minimum atomic E-state index is -1.31. The minimum absolute atomic E-state index is 0.0451. The van der Waals surface area contributed by atoms with E-state index in [0.29, 0.717) is 0 Å². The lowest BCUT2D eigenvalue weighted by molar-refractivity contribution is -0.0549. The van der Waals surface area contributed by atoms with Gasteiger partial charge >= 0.3 is 11.7 Å². The van der Waals surface area contributed by atoms with E-state index in [1.165, 1.54) is 18.7 Å².